The van der Waals surface area contributed by atoms with Gasteiger partial charge in [-0.05, 0) is 6.08 Å². The SMILES string of the molecule is CC(=O)N[C@H]1[C@H]([C@@H](O)[C@@H](O)CO)OC(C(=O)O)=C[C@@H]1NC(=N)N. The van der Waals surface area contributed by atoms with Gasteiger partial charge in [0.2, 0.25) is 11.7 Å². The van der Waals surface area contributed by atoms with Crippen LogP contribution in [0.15, 0.2) is 11.8 Å². The lowest BCUT2D eigenvalue weighted by Gasteiger charge is -2.40. The van der Waals surface area contributed by atoms with Gasteiger partial charge in [0.15, 0.2) is 5.96 Å². The summed E-state index contributed by atoms with van der Waals surface area (Å²) >= 11 is 0. The third kappa shape index (κ3) is 4.81. The van der Waals surface area contributed by atoms with Gasteiger partial charge in [-0.1, -0.05) is 0 Å². The van der Waals surface area contributed by atoms with Crippen molar-refractivity contribution in [1.29, 1.82) is 5.41 Å². The largest absolute Gasteiger partial charge is 0.478 e. The second-order valence-corrected chi connectivity index (χ2v) is 4.97. The van der Waals surface area contributed by atoms with E-state index in [4.69, 9.17) is 26.1 Å². The van der Waals surface area contributed by atoms with Crippen LogP contribution in [-0.4, -0.2) is 75.3 Å². The van der Waals surface area contributed by atoms with E-state index in [1.165, 1.54) is 6.92 Å². The van der Waals surface area contributed by atoms with Crippen molar-refractivity contribution in [2.45, 2.75) is 37.3 Å². The molecule has 23 heavy (non-hydrogen) atoms. The van der Waals surface area contributed by atoms with Gasteiger partial charge in [0.05, 0.1) is 18.7 Å². The number of carboxylic acids is 1. The van der Waals surface area contributed by atoms with Gasteiger partial charge in [0.25, 0.3) is 0 Å². The molecule has 11 heteroatoms. The van der Waals surface area contributed by atoms with Crippen LogP contribution in [0.4, 0.5) is 0 Å². The molecule has 0 saturated carbocycles. The van der Waals surface area contributed by atoms with Crippen LogP contribution in [0.3, 0.4) is 0 Å². The summed E-state index contributed by atoms with van der Waals surface area (Å²) in [5.74, 6) is -3.02. The minimum absolute atomic E-state index is 0.496. The van der Waals surface area contributed by atoms with E-state index in [-0.39, 0.29) is 0 Å². The van der Waals surface area contributed by atoms with Crippen molar-refractivity contribution in [3.05, 3.63) is 11.8 Å². The quantitative estimate of drug-likeness (QED) is 0.179. The van der Waals surface area contributed by atoms with Gasteiger partial charge in [-0.15, -0.1) is 0 Å². The molecule has 0 aliphatic carbocycles. The van der Waals surface area contributed by atoms with E-state index < -0.39 is 60.6 Å². The molecule has 0 radical (unpaired) electrons. The minimum atomic E-state index is -1.70. The fraction of sp³-hybridized carbons (Fsp3) is 0.583. The third-order valence-electron chi connectivity index (χ3n) is 3.16. The normalized spacial score (nSPS) is 26.3. The standard InChI is InChI=1S/C12H20N4O7/c1-4(18)15-8-5(16-12(13)14)2-7(11(21)22)23-10(8)9(20)6(19)3-17/h2,5-6,8-10,17,19-20H,3H2,1H3,(H,15,18)(H,21,22)(H4,13,14,16)/t5-,6-,8+,9-,10+/m0/s1. The average Bonchev–Trinajstić information content (AvgIpc) is 2.45. The molecular weight excluding hydrogens is 312 g/mol. The summed E-state index contributed by atoms with van der Waals surface area (Å²) in [6.45, 7) is 0.387. The van der Waals surface area contributed by atoms with Crippen LogP contribution >= 0.6 is 0 Å². The molecule has 5 atom stereocenters. The van der Waals surface area contributed by atoms with E-state index in [0.717, 1.165) is 6.08 Å². The molecule has 0 aromatic heterocycles. The summed E-state index contributed by atoms with van der Waals surface area (Å²) in [5, 5.41) is 49.8. The maximum absolute atomic E-state index is 11.4. The number of amides is 1. The van der Waals surface area contributed by atoms with Crippen molar-refractivity contribution in [3.8, 4) is 0 Å². The molecule has 1 rings (SSSR count). The number of carboxylic acid groups (broad SMARTS) is 1. The molecule has 1 amide bonds. The van der Waals surface area contributed by atoms with E-state index in [1.807, 2.05) is 0 Å². The molecule has 0 fully saturated rings. The molecule has 0 bridgehead atoms. The number of hydrogen-bond acceptors (Lipinski definition) is 7. The van der Waals surface area contributed by atoms with Crippen molar-refractivity contribution in [1.82, 2.24) is 10.6 Å². The molecule has 1 aliphatic heterocycles. The Balaban J connectivity index is 3.22. The molecular formula is C12H20N4O7. The first kappa shape index (κ1) is 18.7. The summed E-state index contributed by atoms with van der Waals surface area (Å²) in [7, 11) is 0. The summed E-state index contributed by atoms with van der Waals surface area (Å²) in [6.07, 6.45) is -3.63. The second-order valence-electron chi connectivity index (χ2n) is 4.97. The lowest BCUT2D eigenvalue weighted by atomic mass is 9.92. The number of carbonyl (C=O) groups excluding carboxylic acids is 1. The Labute approximate surface area is 131 Å². The van der Waals surface area contributed by atoms with Gasteiger partial charge in [-0.2, -0.15) is 0 Å². The monoisotopic (exact) mass is 332 g/mol. The molecule has 9 N–H and O–H groups in total. The van der Waals surface area contributed by atoms with Gasteiger partial charge in [-0.25, -0.2) is 4.79 Å². The molecule has 0 aromatic rings. The summed E-state index contributed by atoms with van der Waals surface area (Å²) in [4.78, 5) is 22.5. The number of aliphatic carboxylic acids is 1. The molecule has 1 heterocycles. The van der Waals surface area contributed by atoms with Crippen LogP contribution in [0.5, 0.6) is 0 Å². The predicted octanol–water partition coefficient (Wildman–Crippen LogP) is -3.58. The van der Waals surface area contributed by atoms with Crippen LogP contribution in [0.2, 0.25) is 0 Å². The molecule has 1 aliphatic rings. The van der Waals surface area contributed by atoms with Crippen molar-refractivity contribution < 1.29 is 34.8 Å². The first-order valence-corrected chi connectivity index (χ1v) is 6.63. The molecule has 0 saturated heterocycles. The number of ether oxygens (including phenoxy) is 1. The number of hydrogen-bond donors (Lipinski definition) is 8. The highest BCUT2D eigenvalue weighted by Crippen LogP contribution is 2.23. The number of nitrogens with two attached hydrogens (primary N) is 1. The number of aliphatic hydroxyl groups excluding tert-OH is 3. The summed E-state index contributed by atoms with van der Waals surface area (Å²) in [5.41, 5.74) is 5.24. The van der Waals surface area contributed by atoms with Gasteiger partial charge in [0.1, 0.15) is 18.3 Å². The number of nitrogens with one attached hydrogen (secondary N) is 3. The lowest BCUT2D eigenvalue weighted by molar-refractivity contribution is -0.146. The first-order chi connectivity index (χ1) is 10.7. The maximum atomic E-state index is 11.4. The summed E-state index contributed by atoms with van der Waals surface area (Å²) in [6, 6.07) is -2.03. The highest BCUT2D eigenvalue weighted by atomic mass is 16.5. The van der Waals surface area contributed by atoms with Crippen LogP contribution in [0.1, 0.15) is 6.92 Å². The van der Waals surface area contributed by atoms with Gasteiger partial charge in [0, 0.05) is 6.92 Å². The van der Waals surface area contributed by atoms with Crippen molar-refractivity contribution in [3.63, 3.8) is 0 Å². The van der Waals surface area contributed by atoms with Crippen molar-refractivity contribution >= 4 is 17.8 Å². The van der Waals surface area contributed by atoms with Gasteiger partial charge < -0.3 is 41.5 Å². The van der Waals surface area contributed by atoms with Crippen LogP contribution < -0.4 is 16.4 Å². The Morgan fingerprint density at radius 3 is 2.48 bits per heavy atom. The molecule has 0 spiro atoms. The molecule has 0 unspecified atom stereocenters. The first-order valence-electron chi connectivity index (χ1n) is 6.63. The zero-order valence-corrected chi connectivity index (χ0v) is 12.3. The Hall–Kier alpha value is -2.37. The van der Waals surface area contributed by atoms with E-state index in [1.54, 1.807) is 0 Å². The third-order valence-corrected chi connectivity index (χ3v) is 3.16. The van der Waals surface area contributed by atoms with Crippen LogP contribution in [-0.2, 0) is 14.3 Å². The smallest absolute Gasteiger partial charge is 0.370 e. The van der Waals surface area contributed by atoms with Crippen molar-refractivity contribution in [2.24, 2.45) is 5.73 Å². The Morgan fingerprint density at radius 1 is 1.43 bits per heavy atom. The number of guanidine groups is 1. The van der Waals surface area contributed by atoms with Gasteiger partial charge in [-0.3, -0.25) is 10.2 Å². The van der Waals surface area contributed by atoms with E-state index in [0.29, 0.717) is 0 Å². The molecule has 130 valence electrons. The van der Waals surface area contributed by atoms with Crippen LogP contribution in [0, 0.1) is 5.41 Å². The zero-order valence-electron chi connectivity index (χ0n) is 12.3. The predicted molar refractivity (Wildman–Crippen MR) is 76.1 cm³/mol. The molecule has 11 nitrogen and oxygen atoms in total. The van der Waals surface area contributed by atoms with Gasteiger partial charge >= 0.3 is 5.97 Å². The van der Waals surface area contributed by atoms with Crippen molar-refractivity contribution in [2.75, 3.05) is 6.61 Å². The average molecular weight is 332 g/mol. The lowest BCUT2D eigenvalue weighted by Crippen LogP contribution is -2.64. The van der Waals surface area contributed by atoms with E-state index in [2.05, 4.69) is 10.6 Å². The molecule has 0 aromatic carbocycles. The highest BCUT2D eigenvalue weighted by Gasteiger charge is 2.43. The zero-order chi connectivity index (χ0) is 17.7. The minimum Gasteiger partial charge on any atom is -0.478 e. The second kappa shape index (κ2) is 7.76. The number of carbonyl (C=O) groups is 2. The van der Waals surface area contributed by atoms with E-state index in [9.17, 15) is 19.8 Å². The number of aliphatic hydroxyl groups is 3. The topological polar surface area (TPSA) is 198 Å². The highest BCUT2D eigenvalue weighted by molar-refractivity contribution is 5.85. The fourth-order valence-corrected chi connectivity index (χ4v) is 2.18. The van der Waals surface area contributed by atoms with Crippen LogP contribution in [0.25, 0.3) is 0 Å². The Bertz CT molecular complexity index is 510. The summed E-state index contributed by atoms with van der Waals surface area (Å²) < 4.78 is 5.13. The fourth-order valence-electron chi connectivity index (χ4n) is 2.18. The Kier molecular flexibility index (Phi) is 6.30. The van der Waals surface area contributed by atoms with E-state index >= 15 is 0 Å². The number of rotatable bonds is 6. The Morgan fingerprint density at radius 2 is 2.04 bits per heavy atom. The maximum Gasteiger partial charge on any atom is 0.370 e.